The third-order valence-corrected chi connectivity index (χ3v) is 9.93. The van der Waals surface area contributed by atoms with Gasteiger partial charge in [-0.15, -0.1) is 0 Å². The monoisotopic (exact) mass is 441 g/mol. The second-order valence-corrected chi connectivity index (χ2v) is 15.2. The Labute approximate surface area is 184 Å². The predicted octanol–water partition coefficient (Wildman–Crippen LogP) is 3.33. The molecule has 1 aromatic rings. The molecule has 0 radical (unpaired) electrons. The number of hydrogen-bond donors (Lipinski definition) is 0. The number of esters is 2. The van der Waals surface area contributed by atoms with Crippen LogP contribution in [-0.2, 0) is 30.4 Å². The summed E-state index contributed by atoms with van der Waals surface area (Å²) in [5, 5.41) is 1.06. The molecule has 0 spiro atoms. The Balaban J connectivity index is 2.00. The van der Waals surface area contributed by atoms with Gasteiger partial charge in [-0.2, -0.15) is 0 Å². The Morgan fingerprint density at radius 1 is 1.13 bits per heavy atom. The second-order valence-electron chi connectivity index (χ2n) is 10.2. The summed E-state index contributed by atoms with van der Waals surface area (Å²) in [6, 6.07) is 9.77. The molecular weight excluding hydrogens is 410 g/mol. The molecule has 4 atom stereocenters. The summed E-state index contributed by atoms with van der Waals surface area (Å²) >= 11 is 0. The number of methoxy groups -OCH3 is 2. The van der Waals surface area contributed by atoms with E-state index in [0.29, 0.717) is 25.0 Å². The number of ether oxygens (including phenoxy) is 2. The van der Waals surface area contributed by atoms with Crippen molar-refractivity contribution in [3.05, 3.63) is 46.7 Å². The second kappa shape index (κ2) is 7.05. The van der Waals surface area contributed by atoms with Crippen LogP contribution >= 0.6 is 0 Å². The highest BCUT2D eigenvalue weighted by atomic mass is 28.3. The normalized spacial score (nSPS) is 31.8. The lowest BCUT2D eigenvalue weighted by molar-refractivity contribution is -0.167. The Hall–Kier alpha value is -2.41. The van der Waals surface area contributed by atoms with Crippen molar-refractivity contribution < 1.29 is 23.9 Å². The molecule has 1 amide bonds. The number of likely N-dealkylation sites (tertiary alicyclic amines) is 1. The molecule has 4 bridgehead atoms. The Morgan fingerprint density at radius 3 is 2.32 bits per heavy atom. The van der Waals surface area contributed by atoms with Crippen LogP contribution in [0.25, 0.3) is 0 Å². The molecule has 2 fully saturated rings. The number of rotatable bonds is 5. The van der Waals surface area contributed by atoms with Crippen LogP contribution in [0.3, 0.4) is 0 Å². The van der Waals surface area contributed by atoms with Gasteiger partial charge in [0.2, 0.25) is 5.91 Å². The highest BCUT2D eigenvalue weighted by Crippen LogP contribution is 2.69. The van der Waals surface area contributed by atoms with Crippen molar-refractivity contribution in [1.82, 2.24) is 4.90 Å². The van der Waals surface area contributed by atoms with Crippen LogP contribution in [0.5, 0.6) is 0 Å². The molecule has 4 aliphatic rings. The summed E-state index contributed by atoms with van der Waals surface area (Å²) in [6.07, 6.45) is 1.23. The van der Waals surface area contributed by atoms with Crippen molar-refractivity contribution in [2.45, 2.75) is 51.5 Å². The fraction of sp³-hybridized carbons (Fsp3) is 0.542. The first-order valence-corrected chi connectivity index (χ1v) is 14.3. The molecule has 7 heteroatoms. The lowest BCUT2D eigenvalue weighted by Crippen LogP contribution is -2.66. The number of nitrogens with zero attached hydrogens (tertiary/aromatic N) is 1. The van der Waals surface area contributed by atoms with Crippen LogP contribution in [-0.4, -0.2) is 50.6 Å². The van der Waals surface area contributed by atoms with Crippen LogP contribution in [0, 0.1) is 17.3 Å². The molecule has 0 unspecified atom stereocenters. The lowest BCUT2D eigenvalue weighted by atomic mass is 9.49. The molecule has 1 heterocycles. The maximum atomic E-state index is 13.8. The summed E-state index contributed by atoms with van der Waals surface area (Å²) in [5.74, 6) is -1.60. The standard InChI is InChI=1S/C24H31NO5Si/c1-23-13-16-12-17(20(26)25(23)14-15-10-8-7-9-11-15)24(23,22(28)30-3)18(21(27)29-2)19(16)31(4,5)6/h7-11,16-17H,12-14H2,1-6H3/t16-,17+,23+,24-/m1/s1. The first-order valence-electron chi connectivity index (χ1n) is 10.8. The average Bonchev–Trinajstić information content (AvgIpc) is 2.85. The lowest BCUT2D eigenvalue weighted by Gasteiger charge is -2.58. The van der Waals surface area contributed by atoms with E-state index in [1.807, 2.05) is 42.2 Å². The molecule has 0 aromatic heterocycles. The zero-order valence-electron chi connectivity index (χ0n) is 19.2. The molecule has 5 rings (SSSR count). The number of allylic oxidation sites excluding steroid dienone is 1. The van der Waals surface area contributed by atoms with E-state index >= 15 is 0 Å². The molecular formula is C24H31NO5Si. The van der Waals surface area contributed by atoms with E-state index < -0.39 is 36.9 Å². The average molecular weight is 442 g/mol. The Morgan fingerprint density at radius 2 is 1.77 bits per heavy atom. The third kappa shape index (κ3) is 2.71. The summed E-state index contributed by atoms with van der Waals surface area (Å²) < 4.78 is 10.6. The van der Waals surface area contributed by atoms with Crippen molar-refractivity contribution in [3.63, 3.8) is 0 Å². The van der Waals surface area contributed by atoms with Gasteiger partial charge in [0.25, 0.3) is 0 Å². The highest BCUT2D eigenvalue weighted by Gasteiger charge is 2.79. The van der Waals surface area contributed by atoms with Gasteiger partial charge in [0.1, 0.15) is 5.41 Å². The van der Waals surface area contributed by atoms with Gasteiger partial charge in [0.15, 0.2) is 0 Å². The van der Waals surface area contributed by atoms with Gasteiger partial charge >= 0.3 is 11.9 Å². The van der Waals surface area contributed by atoms with Crippen LogP contribution in [0.1, 0.15) is 25.3 Å². The van der Waals surface area contributed by atoms with Crippen molar-refractivity contribution >= 4 is 25.9 Å². The van der Waals surface area contributed by atoms with E-state index in [2.05, 4.69) is 19.6 Å². The fourth-order valence-corrected chi connectivity index (χ4v) is 9.18. The van der Waals surface area contributed by atoms with E-state index in [1.165, 1.54) is 14.2 Å². The number of carbonyl (C=O) groups is 3. The van der Waals surface area contributed by atoms with Crippen molar-refractivity contribution in [2.75, 3.05) is 14.2 Å². The zero-order valence-corrected chi connectivity index (χ0v) is 20.2. The molecule has 31 heavy (non-hydrogen) atoms. The van der Waals surface area contributed by atoms with Gasteiger partial charge in [0.05, 0.1) is 39.3 Å². The maximum Gasteiger partial charge on any atom is 0.334 e. The van der Waals surface area contributed by atoms with Crippen LogP contribution in [0.4, 0.5) is 0 Å². The summed E-state index contributed by atoms with van der Waals surface area (Å²) in [5.41, 5.74) is -0.798. The van der Waals surface area contributed by atoms with Crippen LogP contribution in [0.2, 0.25) is 19.6 Å². The molecule has 6 nitrogen and oxygen atoms in total. The van der Waals surface area contributed by atoms with Gasteiger partial charge in [-0.3, -0.25) is 9.59 Å². The summed E-state index contributed by atoms with van der Waals surface area (Å²) in [4.78, 5) is 42.5. The minimum atomic E-state index is -2.00. The summed E-state index contributed by atoms with van der Waals surface area (Å²) in [7, 11) is 0.689. The number of benzene rings is 1. The predicted molar refractivity (Wildman–Crippen MR) is 118 cm³/mol. The molecule has 1 saturated heterocycles. The number of amides is 1. The minimum Gasteiger partial charge on any atom is -0.468 e. The molecule has 1 saturated carbocycles. The number of carbonyl (C=O) groups excluding carboxylic acids is 3. The SMILES string of the molecule is COC(=O)C1=C([Si](C)(C)C)[C@@H]2C[C@H]3C(=O)N(Cc4ccccc4)[C@@](C)(C2)[C@@]13C(=O)OC. The smallest absolute Gasteiger partial charge is 0.334 e. The van der Waals surface area contributed by atoms with Crippen molar-refractivity contribution in [3.8, 4) is 0 Å². The van der Waals surface area contributed by atoms with E-state index in [0.717, 1.165) is 10.8 Å². The first-order chi connectivity index (χ1) is 14.5. The molecule has 1 aromatic carbocycles. The molecule has 3 aliphatic carbocycles. The minimum absolute atomic E-state index is 0.0738. The van der Waals surface area contributed by atoms with Crippen LogP contribution in [0.15, 0.2) is 41.1 Å². The van der Waals surface area contributed by atoms with Crippen molar-refractivity contribution in [1.29, 1.82) is 0 Å². The Kier molecular flexibility index (Phi) is 4.96. The van der Waals surface area contributed by atoms with Crippen molar-refractivity contribution in [2.24, 2.45) is 17.3 Å². The maximum absolute atomic E-state index is 13.8. The quantitative estimate of drug-likeness (QED) is 0.518. The summed E-state index contributed by atoms with van der Waals surface area (Å²) in [6.45, 7) is 8.91. The van der Waals surface area contributed by atoms with Gasteiger partial charge in [-0.25, -0.2) is 4.79 Å². The zero-order chi connectivity index (χ0) is 22.8. The molecule has 166 valence electrons. The molecule has 0 N–H and O–H groups in total. The van der Waals surface area contributed by atoms with Gasteiger partial charge < -0.3 is 14.4 Å². The first kappa shape index (κ1) is 21.8. The Bertz CT molecular complexity index is 981. The van der Waals surface area contributed by atoms with E-state index in [4.69, 9.17) is 9.47 Å². The number of hydrogen-bond acceptors (Lipinski definition) is 5. The fourth-order valence-electron chi connectivity index (χ4n) is 6.69. The van der Waals surface area contributed by atoms with Gasteiger partial charge in [-0.05, 0) is 31.2 Å². The van der Waals surface area contributed by atoms with E-state index in [1.54, 1.807) is 0 Å². The van der Waals surface area contributed by atoms with Gasteiger partial charge in [-0.1, -0.05) is 55.2 Å². The van der Waals surface area contributed by atoms with E-state index in [-0.39, 0.29) is 11.8 Å². The van der Waals surface area contributed by atoms with Gasteiger partial charge in [0, 0.05) is 6.54 Å². The molecule has 1 aliphatic heterocycles. The topological polar surface area (TPSA) is 72.9 Å². The highest BCUT2D eigenvalue weighted by molar-refractivity contribution is 6.83. The largest absolute Gasteiger partial charge is 0.468 e. The van der Waals surface area contributed by atoms with Crippen LogP contribution < -0.4 is 0 Å². The van der Waals surface area contributed by atoms with E-state index in [9.17, 15) is 14.4 Å². The third-order valence-electron chi connectivity index (χ3n) is 7.66.